The molecular formula is C15H20N2O2. The molecule has 1 saturated carbocycles. The number of benzene rings is 1. The van der Waals surface area contributed by atoms with Crippen LogP contribution in [-0.2, 0) is 0 Å². The fourth-order valence-corrected chi connectivity index (χ4v) is 2.61. The molecular weight excluding hydrogens is 240 g/mol. The molecule has 3 N–H and O–H groups in total. The van der Waals surface area contributed by atoms with Gasteiger partial charge in [0.05, 0.1) is 0 Å². The molecule has 0 radical (unpaired) electrons. The highest BCUT2D eigenvalue weighted by Gasteiger charge is 2.31. The van der Waals surface area contributed by atoms with Crippen LogP contribution in [0.4, 0.5) is 0 Å². The number of nitrogens with two attached hydrogens (primary N) is 1. The van der Waals surface area contributed by atoms with Crippen LogP contribution in [0.3, 0.4) is 0 Å². The summed E-state index contributed by atoms with van der Waals surface area (Å²) in [7, 11) is 0. The third-order valence-electron chi connectivity index (χ3n) is 3.74. The molecule has 4 nitrogen and oxygen atoms in total. The lowest BCUT2D eigenvalue weighted by Gasteiger charge is -2.17. The Labute approximate surface area is 113 Å². The lowest BCUT2D eigenvalue weighted by atomic mass is 9.92. The first-order valence-corrected chi connectivity index (χ1v) is 6.58. The lowest BCUT2D eigenvalue weighted by molar-refractivity contribution is 0.0934. The Morgan fingerprint density at radius 3 is 2.26 bits per heavy atom. The van der Waals surface area contributed by atoms with Gasteiger partial charge in [-0.1, -0.05) is 13.8 Å². The maximum Gasteiger partial charge on any atom is 0.251 e. The van der Waals surface area contributed by atoms with Crippen molar-refractivity contribution < 1.29 is 9.59 Å². The summed E-state index contributed by atoms with van der Waals surface area (Å²) >= 11 is 0. The van der Waals surface area contributed by atoms with Crippen LogP contribution in [0.2, 0.25) is 0 Å². The number of carbonyl (C=O) groups excluding carboxylic acids is 2. The Bertz CT molecular complexity index is 491. The number of hydrogen-bond acceptors (Lipinski definition) is 2. The van der Waals surface area contributed by atoms with Gasteiger partial charge in [0.2, 0.25) is 5.91 Å². The monoisotopic (exact) mass is 260 g/mol. The first kappa shape index (κ1) is 13.6. The zero-order valence-electron chi connectivity index (χ0n) is 11.4. The van der Waals surface area contributed by atoms with Crippen molar-refractivity contribution in [2.24, 2.45) is 11.1 Å². The zero-order chi connectivity index (χ0) is 14.0. The largest absolute Gasteiger partial charge is 0.366 e. The quantitative estimate of drug-likeness (QED) is 0.873. The van der Waals surface area contributed by atoms with Gasteiger partial charge in [-0.2, -0.15) is 0 Å². The molecule has 0 heterocycles. The molecule has 102 valence electrons. The van der Waals surface area contributed by atoms with Crippen molar-refractivity contribution in [3.63, 3.8) is 0 Å². The summed E-state index contributed by atoms with van der Waals surface area (Å²) in [6, 6.07) is 6.68. The number of hydrogen-bond donors (Lipinski definition) is 2. The van der Waals surface area contributed by atoms with Crippen molar-refractivity contribution in [2.75, 3.05) is 0 Å². The Balaban J connectivity index is 1.99. The molecule has 4 heteroatoms. The van der Waals surface area contributed by atoms with Crippen LogP contribution in [-0.4, -0.2) is 17.9 Å². The minimum absolute atomic E-state index is 0.0845. The summed E-state index contributed by atoms with van der Waals surface area (Å²) in [4.78, 5) is 23.0. The molecule has 2 amide bonds. The number of carbonyl (C=O) groups is 2. The predicted molar refractivity (Wildman–Crippen MR) is 73.8 cm³/mol. The third-order valence-corrected chi connectivity index (χ3v) is 3.74. The van der Waals surface area contributed by atoms with E-state index in [9.17, 15) is 9.59 Å². The minimum Gasteiger partial charge on any atom is -0.366 e. The van der Waals surface area contributed by atoms with Gasteiger partial charge in [-0.3, -0.25) is 9.59 Å². The van der Waals surface area contributed by atoms with Gasteiger partial charge >= 0.3 is 0 Å². The second-order valence-corrected chi connectivity index (χ2v) is 6.02. The van der Waals surface area contributed by atoms with E-state index in [0.29, 0.717) is 16.5 Å². The van der Waals surface area contributed by atoms with Crippen molar-refractivity contribution in [3.8, 4) is 0 Å². The van der Waals surface area contributed by atoms with Gasteiger partial charge in [0.15, 0.2) is 0 Å². The van der Waals surface area contributed by atoms with Gasteiger partial charge < -0.3 is 11.1 Å². The third kappa shape index (κ3) is 3.34. The summed E-state index contributed by atoms with van der Waals surface area (Å²) < 4.78 is 0. The molecule has 1 aliphatic carbocycles. The molecule has 1 unspecified atom stereocenters. The van der Waals surface area contributed by atoms with Gasteiger partial charge in [0.1, 0.15) is 0 Å². The van der Waals surface area contributed by atoms with Crippen molar-refractivity contribution in [2.45, 2.75) is 39.2 Å². The minimum atomic E-state index is -0.482. The van der Waals surface area contributed by atoms with Crippen LogP contribution in [0.15, 0.2) is 24.3 Å². The van der Waals surface area contributed by atoms with Gasteiger partial charge in [-0.05, 0) is 48.9 Å². The average molecular weight is 260 g/mol. The van der Waals surface area contributed by atoms with Crippen molar-refractivity contribution >= 4 is 11.8 Å². The average Bonchev–Trinajstić information content (AvgIpc) is 2.68. The fourth-order valence-electron chi connectivity index (χ4n) is 2.61. The molecule has 1 fully saturated rings. The topological polar surface area (TPSA) is 72.2 Å². The van der Waals surface area contributed by atoms with E-state index in [1.54, 1.807) is 24.3 Å². The Kier molecular flexibility index (Phi) is 3.60. The first-order valence-electron chi connectivity index (χ1n) is 6.58. The van der Waals surface area contributed by atoms with Gasteiger partial charge in [0.25, 0.3) is 5.91 Å². The molecule has 0 aliphatic heterocycles. The van der Waals surface area contributed by atoms with Crippen molar-refractivity contribution in [1.29, 1.82) is 0 Å². The predicted octanol–water partition coefficient (Wildman–Crippen LogP) is 2.09. The summed E-state index contributed by atoms with van der Waals surface area (Å²) in [5.74, 6) is -0.566. The summed E-state index contributed by atoms with van der Waals surface area (Å²) in [6.45, 7) is 4.45. The number of nitrogens with one attached hydrogen (secondary N) is 1. The molecule has 0 spiro atoms. The van der Waals surface area contributed by atoms with E-state index in [-0.39, 0.29) is 11.9 Å². The normalized spacial score (nSPS) is 21.1. The van der Waals surface area contributed by atoms with Crippen LogP contribution in [0.1, 0.15) is 53.8 Å². The number of amides is 2. The van der Waals surface area contributed by atoms with E-state index in [2.05, 4.69) is 19.2 Å². The molecule has 0 bridgehead atoms. The number of primary amides is 1. The number of rotatable bonds is 3. The highest BCUT2D eigenvalue weighted by atomic mass is 16.2. The molecule has 0 saturated heterocycles. The van der Waals surface area contributed by atoms with Gasteiger partial charge in [-0.25, -0.2) is 0 Å². The van der Waals surface area contributed by atoms with Gasteiger partial charge in [0, 0.05) is 17.2 Å². The van der Waals surface area contributed by atoms with E-state index in [1.165, 1.54) is 0 Å². The molecule has 1 aromatic rings. The zero-order valence-corrected chi connectivity index (χ0v) is 11.4. The SMILES string of the molecule is CC1(C)CCC(NC(=O)c2ccc(C(N)=O)cc2)C1. The van der Waals surface area contributed by atoms with E-state index in [4.69, 9.17) is 5.73 Å². The maximum absolute atomic E-state index is 12.1. The van der Waals surface area contributed by atoms with Gasteiger partial charge in [-0.15, -0.1) is 0 Å². The molecule has 1 atom stereocenters. The molecule has 1 aromatic carbocycles. The van der Waals surface area contributed by atoms with Crippen LogP contribution >= 0.6 is 0 Å². The smallest absolute Gasteiger partial charge is 0.251 e. The first-order chi connectivity index (χ1) is 8.87. The second-order valence-electron chi connectivity index (χ2n) is 6.02. The highest BCUT2D eigenvalue weighted by molar-refractivity contribution is 5.97. The van der Waals surface area contributed by atoms with Crippen molar-refractivity contribution in [1.82, 2.24) is 5.32 Å². The van der Waals surface area contributed by atoms with E-state index in [1.807, 2.05) is 0 Å². The Hall–Kier alpha value is -1.84. The lowest BCUT2D eigenvalue weighted by Crippen LogP contribution is -2.33. The molecule has 2 rings (SSSR count). The highest BCUT2D eigenvalue weighted by Crippen LogP contribution is 2.36. The second kappa shape index (κ2) is 5.03. The summed E-state index contributed by atoms with van der Waals surface area (Å²) in [6.07, 6.45) is 3.18. The van der Waals surface area contributed by atoms with E-state index < -0.39 is 5.91 Å². The van der Waals surface area contributed by atoms with Crippen LogP contribution in [0.5, 0.6) is 0 Å². The van der Waals surface area contributed by atoms with E-state index >= 15 is 0 Å². The van der Waals surface area contributed by atoms with Crippen LogP contribution in [0, 0.1) is 5.41 Å². The standard InChI is InChI=1S/C15H20N2O2/c1-15(2)8-7-12(9-15)17-14(19)11-5-3-10(4-6-11)13(16)18/h3-6,12H,7-9H2,1-2H3,(H2,16,18)(H,17,19). The molecule has 1 aliphatic rings. The fraction of sp³-hybridized carbons (Fsp3) is 0.467. The van der Waals surface area contributed by atoms with Crippen LogP contribution in [0.25, 0.3) is 0 Å². The Morgan fingerprint density at radius 1 is 1.21 bits per heavy atom. The van der Waals surface area contributed by atoms with E-state index in [0.717, 1.165) is 19.3 Å². The summed E-state index contributed by atoms with van der Waals surface area (Å²) in [5, 5.41) is 3.04. The van der Waals surface area contributed by atoms with Crippen molar-refractivity contribution in [3.05, 3.63) is 35.4 Å². The molecule has 0 aromatic heterocycles. The summed E-state index contributed by atoms with van der Waals surface area (Å²) in [5.41, 5.74) is 6.46. The maximum atomic E-state index is 12.1. The Morgan fingerprint density at radius 2 is 1.79 bits per heavy atom. The van der Waals surface area contributed by atoms with Crippen LogP contribution < -0.4 is 11.1 Å². The molecule has 19 heavy (non-hydrogen) atoms.